The van der Waals surface area contributed by atoms with Crippen LogP contribution in [0.25, 0.3) is 10.9 Å². The van der Waals surface area contributed by atoms with Crippen LogP contribution in [-0.4, -0.2) is 31.4 Å². The summed E-state index contributed by atoms with van der Waals surface area (Å²) in [5, 5.41) is 4.69. The fourth-order valence-corrected chi connectivity index (χ4v) is 2.45. The maximum Gasteiger partial charge on any atom is 0.0835 e. The van der Waals surface area contributed by atoms with Crippen LogP contribution in [0.2, 0.25) is 0 Å². The molecular weight excluding hydrogens is 248 g/mol. The van der Waals surface area contributed by atoms with Gasteiger partial charge < -0.3 is 14.6 Å². The van der Waals surface area contributed by atoms with Gasteiger partial charge in [0.15, 0.2) is 0 Å². The first-order valence-electron chi connectivity index (χ1n) is 7.06. The number of para-hydroxylation sites is 1. The topological polar surface area (TPSA) is 26.2 Å². The standard InChI is InChI=1S/C17H22N2O/c1-3-12-19-14-15(7-6-10-18-11-13-20-2)16-8-4-5-9-17(16)19/h1,4-5,8-9,14,18H,6-7,10-13H2,2H3. The summed E-state index contributed by atoms with van der Waals surface area (Å²) < 4.78 is 7.17. The predicted molar refractivity (Wildman–Crippen MR) is 83.8 cm³/mol. The number of aromatic nitrogens is 1. The normalized spacial score (nSPS) is 10.8. The van der Waals surface area contributed by atoms with Crippen molar-refractivity contribution in [2.45, 2.75) is 19.4 Å². The molecule has 0 atom stereocenters. The first kappa shape index (κ1) is 14.6. The number of ether oxygens (including phenoxy) is 1. The fraction of sp³-hybridized carbons (Fsp3) is 0.412. The van der Waals surface area contributed by atoms with Crippen LogP contribution in [0.3, 0.4) is 0 Å². The molecule has 20 heavy (non-hydrogen) atoms. The highest BCUT2D eigenvalue weighted by atomic mass is 16.5. The number of nitrogens with one attached hydrogen (secondary N) is 1. The summed E-state index contributed by atoms with van der Waals surface area (Å²) in [5.41, 5.74) is 2.61. The van der Waals surface area contributed by atoms with E-state index in [4.69, 9.17) is 11.2 Å². The van der Waals surface area contributed by atoms with E-state index < -0.39 is 0 Å². The van der Waals surface area contributed by atoms with Gasteiger partial charge in [-0.2, -0.15) is 0 Å². The fourth-order valence-electron chi connectivity index (χ4n) is 2.45. The van der Waals surface area contributed by atoms with E-state index in [2.05, 4.69) is 46.3 Å². The molecule has 0 aliphatic carbocycles. The van der Waals surface area contributed by atoms with Gasteiger partial charge in [-0.1, -0.05) is 24.1 Å². The molecule has 0 fully saturated rings. The van der Waals surface area contributed by atoms with E-state index in [1.54, 1.807) is 7.11 Å². The van der Waals surface area contributed by atoms with Crippen LogP contribution < -0.4 is 5.32 Å². The number of benzene rings is 1. The van der Waals surface area contributed by atoms with Crippen LogP contribution in [0.1, 0.15) is 12.0 Å². The predicted octanol–water partition coefficient (Wildman–Crippen LogP) is 2.44. The molecule has 1 N–H and O–H groups in total. The van der Waals surface area contributed by atoms with E-state index in [-0.39, 0.29) is 0 Å². The second-order valence-electron chi connectivity index (χ2n) is 4.85. The zero-order valence-electron chi connectivity index (χ0n) is 12.1. The van der Waals surface area contributed by atoms with E-state index in [9.17, 15) is 0 Å². The van der Waals surface area contributed by atoms with Gasteiger partial charge in [-0.15, -0.1) is 6.42 Å². The number of methoxy groups -OCH3 is 1. The Morgan fingerprint density at radius 3 is 2.95 bits per heavy atom. The van der Waals surface area contributed by atoms with E-state index in [1.807, 2.05) is 0 Å². The summed E-state index contributed by atoms with van der Waals surface area (Å²) in [4.78, 5) is 0. The molecule has 1 aromatic carbocycles. The average Bonchev–Trinajstić information content (AvgIpc) is 2.82. The van der Waals surface area contributed by atoms with Gasteiger partial charge in [0.1, 0.15) is 0 Å². The lowest BCUT2D eigenvalue weighted by molar-refractivity contribution is 0.199. The number of hydrogen-bond acceptors (Lipinski definition) is 2. The second-order valence-corrected chi connectivity index (χ2v) is 4.85. The molecule has 0 radical (unpaired) electrons. The highest BCUT2D eigenvalue weighted by molar-refractivity contribution is 5.84. The van der Waals surface area contributed by atoms with Crippen molar-refractivity contribution in [1.82, 2.24) is 9.88 Å². The van der Waals surface area contributed by atoms with Crippen molar-refractivity contribution in [3.05, 3.63) is 36.0 Å². The average molecular weight is 270 g/mol. The van der Waals surface area contributed by atoms with Crippen molar-refractivity contribution in [2.75, 3.05) is 26.8 Å². The third kappa shape index (κ3) is 3.63. The van der Waals surface area contributed by atoms with Crippen LogP contribution in [0, 0.1) is 12.3 Å². The summed E-state index contributed by atoms with van der Waals surface area (Å²) in [7, 11) is 1.72. The van der Waals surface area contributed by atoms with Crippen molar-refractivity contribution < 1.29 is 4.74 Å². The quantitative estimate of drug-likeness (QED) is 0.589. The zero-order valence-corrected chi connectivity index (χ0v) is 12.1. The van der Waals surface area contributed by atoms with E-state index in [0.29, 0.717) is 6.54 Å². The highest BCUT2D eigenvalue weighted by Crippen LogP contribution is 2.22. The molecule has 1 heterocycles. The number of terminal acetylenes is 1. The summed E-state index contributed by atoms with van der Waals surface area (Å²) in [6, 6.07) is 8.46. The molecule has 0 saturated carbocycles. The first-order chi connectivity index (χ1) is 9.86. The Kier molecular flexibility index (Phi) is 5.67. The summed E-state index contributed by atoms with van der Waals surface area (Å²) in [6.07, 6.45) is 9.82. The van der Waals surface area contributed by atoms with E-state index >= 15 is 0 Å². The van der Waals surface area contributed by atoms with Crippen molar-refractivity contribution in [2.24, 2.45) is 0 Å². The van der Waals surface area contributed by atoms with Crippen molar-refractivity contribution in [3.63, 3.8) is 0 Å². The molecule has 0 aliphatic heterocycles. The van der Waals surface area contributed by atoms with Gasteiger partial charge in [0.25, 0.3) is 0 Å². The van der Waals surface area contributed by atoms with Gasteiger partial charge in [-0.05, 0) is 31.0 Å². The minimum absolute atomic E-state index is 0.632. The Labute approximate surface area is 120 Å². The van der Waals surface area contributed by atoms with Crippen molar-refractivity contribution in [1.29, 1.82) is 0 Å². The van der Waals surface area contributed by atoms with Crippen LogP contribution >= 0.6 is 0 Å². The minimum Gasteiger partial charge on any atom is -0.383 e. The monoisotopic (exact) mass is 270 g/mol. The number of hydrogen-bond donors (Lipinski definition) is 1. The molecule has 1 aromatic heterocycles. The van der Waals surface area contributed by atoms with Crippen LogP contribution in [0.5, 0.6) is 0 Å². The Morgan fingerprint density at radius 1 is 1.30 bits per heavy atom. The van der Waals surface area contributed by atoms with Crippen LogP contribution in [0.15, 0.2) is 30.5 Å². The molecular formula is C17H22N2O. The zero-order chi connectivity index (χ0) is 14.2. The molecule has 106 valence electrons. The van der Waals surface area contributed by atoms with E-state index in [1.165, 1.54) is 16.5 Å². The summed E-state index contributed by atoms with van der Waals surface area (Å²) in [5.74, 6) is 2.72. The Morgan fingerprint density at radius 2 is 2.15 bits per heavy atom. The highest BCUT2D eigenvalue weighted by Gasteiger charge is 2.06. The molecule has 0 spiro atoms. The smallest absolute Gasteiger partial charge is 0.0835 e. The molecule has 3 nitrogen and oxygen atoms in total. The maximum atomic E-state index is 5.44. The Hall–Kier alpha value is -1.76. The Balaban J connectivity index is 1.98. The number of fused-ring (bicyclic) bond motifs is 1. The van der Waals surface area contributed by atoms with Crippen molar-refractivity contribution in [3.8, 4) is 12.3 Å². The molecule has 2 rings (SSSR count). The van der Waals surface area contributed by atoms with Gasteiger partial charge >= 0.3 is 0 Å². The minimum atomic E-state index is 0.632. The SMILES string of the molecule is C#CCn1cc(CCCNCCOC)c2ccccc21. The first-order valence-corrected chi connectivity index (χ1v) is 7.06. The Bertz CT molecular complexity index is 580. The van der Waals surface area contributed by atoms with Gasteiger partial charge in [-0.25, -0.2) is 0 Å². The number of aryl methyl sites for hydroxylation is 1. The molecule has 0 aliphatic rings. The lowest BCUT2D eigenvalue weighted by atomic mass is 10.1. The summed E-state index contributed by atoms with van der Waals surface area (Å²) >= 11 is 0. The van der Waals surface area contributed by atoms with Crippen LogP contribution in [-0.2, 0) is 17.7 Å². The molecule has 0 amide bonds. The lowest BCUT2D eigenvalue weighted by Crippen LogP contribution is -2.20. The molecule has 0 saturated heterocycles. The van der Waals surface area contributed by atoms with Gasteiger partial charge in [-0.3, -0.25) is 0 Å². The van der Waals surface area contributed by atoms with Gasteiger partial charge in [0, 0.05) is 30.8 Å². The van der Waals surface area contributed by atoms with Crippen molar-refractivity contribution >= 4 is 10.9 Å². The molecule has 0 unspecified atom stereocenters. The third-order valence-electron chi connectivity index (χ3n) is 3.42. The third-order valence-corrected chi connectivity index (χ3v) is 3.42. The lowest BCUT2D eigenvalue weighted by Gasteiger charge is -2.03. The van der Waals surface area contributed by atoms with E-state index in [0.717, 1.165) is 32.5 Å². The molecule has 0 bridgehead atoms. The summed E-state index contributed by atoms with van der Waals surface area (Å²) in [6.45, 7) is 3.32. The largest absolute Gasteiger partial charge is 0.383 e. The number of nitrogens with zero attached hydrogens (tertiary/aromatic N) is 1. The number of rotatable bonds is 8. The van der Waals surface area contributed by atoms with Gasteiger partial charge in [0.05, 0.1) is 13.2 Å². The van der Waals surface area contributed by atoms with Crippen LogP contribution in [0.4, 0.5) is 0 Å². The second kappa shape index (κ2) is 7.74. The molecule has 2 aromatic rings. The van der Waals surface area contributed by atoms with Gasteiger partial charge in [0.2, 0.25) is 0 Å². The maximum absolute atomic E-state index is 5.44. The molecule has 3 heteroatoms.